The molecule has 0 saturated carbocycles. The number of hydrogen-bond acceptors (Lipinski definition) is 3. The Hall–Kier alpha value is -1.49. The lowest BCUT2D eigenvalue weighted by atomic mass is 10.1. The van der Waals surface area contributed by atoms with E-state index < -0.39 is 0 Å². The van der Waals surface area contributed by atoms with Crippen LogP contribution in [-0.4, -0.2) is 24.5 Å². The Morgan fingerprint density at radius 2 is 2.33 bits per heavy atom. The summed E-state index contributed by atoms with van der Waals surface area (Å²) in [5.74, 6) is 0.118. The topological polar surface area (TPSA) is 42.2 Å². The van der Waals surface area contributed by atoms with Crippen LogP contribution in [0.5, 0.6) is 0 Å². The van der Waals surface area contributed by atoms with E-state index in [1.807, 2.05) is 12.3 Å². The number of thioether (sulfide) groups is 1. The van der Waals surface area contributed by atoms with Gasteiger partial charge in [-0.1, -0.05) is 12.1 Å². The van der Waals surface area contributed by atoms with Crippen LogP contribution in [0.15, 0.2) is 28.9 Å². The van der Waals surface area contributed by atoms with Crippen molar-refractivity contribution in [3.8, 4) is 0 Å². The first kappa shape index (κ1) is 13.0. The Kier molecular flexibility index (Phi) is 4.25. The van der Waals surface area contributed by atoms with Gasteiger partial charge in [-0.05, 0) is 18.7 Å². The van der Waals surface area contributed by atoms with E-state index in [9.17, 15) is 9.18 Å². The highest BCUT2D eigenvalue weighted by Crippen LogP contribution is 2.23. The molecule has 1 N–H and O–H groups in total. The van der Waals surface area contributed by atoms with E-state index in [-0.39, 0.29) is 17.3 Å². The zero-order valence-corrected chi connectivity index (χ0v) is 10.8. The van der Waals surface area contributed by atoms with Crippen molar-refractivity contribution < 1.29 is 13.6 Å². The van der Waals surface area contributed by atoms with Gasteiger partial charge in [0, 0.05) is 17.5 Å². The van der Waals surface area contributed by atoms with E-state index in [4.69, 9.17) is 4.42 Å². The van der Waals surface area contributed by atoms with Crippen molar-refractivity contribution in [2.75, 3.05) is 18.6 Å². The van der Waals surface area contributed by atoms with E-state index in [0.717, 1.165) is 10.9 Å². The van der Waals surface area contributed by atoms with E-state index in [1.54, 1.807) is 12.3 Å². The third-order valence-corrected chi connectivity index (χ3v) is 3.17. The Morgan fingerprint density at radius 3 is 3.11 bits per heavy atom. The lowest BCUT2D eigenvalue weighted by Crippen LogP contribution is -2.27. The molecule has 1 aromatic heterocycles. The van der Waals surface area contributed by atoms with E-state index in [2.05, 4.69) is 5.32 Å². The van der Waals surface area contributed by atoms with Crippen molar-refractivity contribution in [1.82, 2.24) is 5.32 Å². The van der Waals surface area contributed by atoms with Crippen LogP contribution in [0, 0.1) is 5.82 Å². The zero-order chi connectivity index (χ0) is 13.0. The van der Waals surface area contributed by atoms with Crippen LogP contribution >= 0.6 is 11.8 Å². The monoisotopic (exact) mass is 267 g/mol. The third-order valence-electron chi connectivity index (χ3n) is 2.62. The number of carbonyl (C=O) groups is 1. The Bertz CT molecular complexity index is 553. The molecule has 0 radical (unpaired) electrons. The van der Waals surface area contributed by atoms with Crippen LogP contribution in [0.4, 0.5) is 4.39 Å². The molecule has 0 aliphatic rings. The van der Waals surface area contributed by atoms with Gasteiger partial charge in [-0.25, -0.2) is 4.39 Å². The van der Waals surface area contributed by atoms with Crippen molar-refractivity contribution in [3.05, 3.63) is 35.8 Å². The normalized spacial score (nSPS) is 10.8. The molecule has 0 spiro atoms. The molecule has 0 bridgehead atoms. The maximum atomic E-state index is 13.4. The van der Waals surface area contributed by atoms with Crippen LogP contribution < -0.4 is 5.32 Å². The van der Waals surface area contributed by atoms with Gasteiger partial charge < -0.3 is 9.73 Å². The summed E-state index contributed by atoms with van der Waals surface area (Å²) in [6.07, 6.45) is 4.07. The fraction of sp³-hybridized carbons (Fsp3) is 0.308. The molecular weight excluding hydrogens is 253 g/mol. The van der Waals surface area contributed by atoms with Crippen molar-refractivity contribution in [2.24, 2.45) is 0 Å². The highest BCUT2D eigenvalue weighted by Gasteiger charge is 2.09. The predicted octanol–water partition coefficient (Wildman–Crippen LogP) is 2.59. The van der Waals surface area contributed by atoms with Crippen LogP contribution in [-0.2, 0) is 11.2 Å². The summed E-state index contributed by atoms with van der Waals surface area (Å²) < 4.78 is 18.6. The SMILES string of the molecule is CSCC(=O)NCCc1coc2c(F)cccc12. The maximum absolute atomic E-state index is 13.4. The highest BCUT2D eigenvalue weighted by molar-refractivity contribution is 7.99. The van der Waals surface area contributed by atoms with Crippen molar-refractivity contribution in [1.29, 1.82) is 0 Å². The molecule has 2 rings (SSSR count). The summed E-state index contributed by atoms with van der Waals surface area (Å²) in [7, 11) is 0. The zero-order valence-electron chi connectivity index (χ0n) is 10.0. The van der Waals surface area contributed by atoms with Gasteiger partial charge in [0.15, 0.2) is 11.4 Å². The number of hydrogen-bond donors (Lipinski definition) is 1. The molecule has 1 heterocycles. The number of nitrogens with one attached hydrogen (secondary N) is 1. The molecule has 0 fully saturated rings. The molecule has 18 heavy (non-hydrogen) atoms. The molecule has 0 saturated heterocycles. The Morgan fingerprint density at radius 1 is 1.50 bits per heavy atom. The van der Waals surface area contributed by atoms with E-state index >= 15 is 0 Å². The van der Waals surface area contributed by atoms with Gasteiger partial charge in [-0.3, -0.25) is 4.79 Å². The second kappa shape index (κ2) is 5.91. The minimum absolute atomic E-state index is 0.0153. The molecular formula is C13H14FNO2S. The fourth-order valence-electron chi connectivity index (χ4n) is 1.79. The van der Waals surface area contributed by atoms with Gasteiger partial charge in [-0.2, -0.15) is 11.8 Å². The Balaban J connectivity index is 2.00. The molecule has 0 aliphatic carbocycles. The number of amides is 1. The molecule has 0 atom stereocenters. The van der Waals surface area contributed by atoms with E-state index in [0.29, 0.717) is 18.7 Å². The van der Waals surface area contributed by atoms with Gasteiger partial charge in [0.1, 0.15) is 0 Å². The second-order valence-electron chi connectivity index (χ2n) is 3.91. The molecule has 0 unspecified atom stereocenters. The first-order chi connectivity index (χ1) is 8.72. The molecule has 1 aromatic carbocycles. The van der Waals surface area contributed by atoms with Crippen LogP contribution in [0.2, 0.25) is 0 Å². The number of para-hydroxylation sites is 1. The van der Waals surface area contributed by atoms with Crippen LogP contribution in [0.3, 0.4) is 0 Å². The first-order valence-electron chi connectivity index (χ1n) is 5.62. The molecule has 96 valence electrons. The first-order valence-corrected chi connectivity index (χ1v) is 7.02. The lowest BCUT2D eigenvalue weighted by Gasteiger charge is -2.02. The number of halogens is 1. The second-order valence-corrected chi connectivity index (χ2v) is 4.78. The number of furan rings is 1. The number of rotatable bonds is 5. The predicted molar refractivity (Wildman–Crippen MR) is 71.3 cm³/mol. The van der Waals surface area contributed by atoms with Gasteiger partial charge in [-0.15, -0.1) is 0 Å². The molecule has 3 nitrogen and oxygen atoms in total. The average molecular weight is 267 g/mol. The summed E-state index contributed by atoms with van der Waals surface area (Å²) in [5, 5.41) is 3.58. The van der Waals surface area contributed by atoms with Crippen molar-refractivity contribution in [2.45, 2.75) is 6.42 Å². The maximum Gasteiger partial charge on any atom is 0.229 e. The highest BCUT2D eigenvalue weighted by atomic mass is 32.2. The minimum Gasteiger partial charge on any atom is -0.461 e. The van der Waals surface area contributed by atoms with Crippen LogP contribution in [0.1, 0.15) is 5.56 Å². The summed E-state index contributed by atoms with van der Waals surface area (Å²) in [4.78, 5) is 11.3. The summed E-state index contributed by atoms with van der Waals surface area (Å²) in [5.41, 5.74) is 1.19. The smallest absolute Gasteiger partial charge is 0.229 e. The van der Waals surface area contributed by atoms with Gasteiger partial charge >= 0.3 is 0 Å². The Labute approximate surface area is 109 Å². The number of carbonyl (C=O) groups excluding carboxylic acids is 1. The van der Waals surface area contributed by atoms with Crippen molar-refractivity contribution >= 4 is 28.6 Å². The van der Waals surface area contributed by atoms with Gasteiger partial charge in [0.2, 0.25) is 5.91 Å². The largest absolute Gasteiger partial charge is 0.461 e. The van der Waals surface area contributed by atoms with Crippen LogP contribution in [0.25, 0.3) is 11.0 Å². The van der Waals surface area contributed by atoms with E-state index in [1.165, 1.54) is 17.8 Å². The molecule has 0 aliphatic heterocycles. The minimum atomic E-state index is -0.356. The fourth-order valence-corrected chi connectivity index (χ4v) is 2.15. The number of fused-ring (bicyclic) bond motifs is 1. The van der Waals surface area contributed by atoms with Crippen molar-refractivity contribution in [3.63, 3.8) is 0 Å². The van der Waals surface area contributed by atoms with Gasteiger partial charge in [0.05, 0.1) is 12.0 Å². The molecule has 5 heteroatoms. The standard InChI is InChI=1S/C13H14FNO2S/c1-18-8-12(16)15-6-5-9-7-17-13-10(9)3-2-4-11(13)14/h2-4,7H,5-6,8H2,1H3,(H,15,16). The molecule has 2 aromatic rings. The summed E-state index contributed by atoms with van der Waals surface area (Å²) in [6.45, 7) is 0.532. The third kappa shape index (κ3) is 2.85. The number of benzene rings is 1. The average Bonchev–Trinajstić information content (AvgIpc) is 2.75. The summed E-state index contributed by atoms with van der Waals surface area (Å²) in [6, 6.07) is 4.85. The molecule has 1 amide bonds. The lowest BCUT2D eigenvalue weighted by molar-refractivity contribution is -0.118. The quantitative estimate of drug-likeness (QED) is 0.905. The summed E-state index contributed by atoms with van der Waals surface area (Å²) >= 11 is 1.48. The van der Waals surface area contributed by atoms with Gasteiger partial charge in [0.25, 0.3) is 0 Å².